The maximum absolute atomic E-state index is 11.6. The third-order valence-corrected chi connectivity index (χ3v) is 3.69. The van der Waals surface area contributed by atoms with Crippen LogP contribution in [0.1, 0.15) is 18.5 Å². The van der Waals surface area contributed by atoms with E-state index in [4.69, 9.17) is 11.6 Å². The van der Waals surface area contributed by atoms with E-state index in [1.54, 1.807) is 0 Å². The molecule has 0 radical (unpaired) electrons. The van der Waals surface area contributed by atoms with Gasteiger partial charge in [-0.2, -0.15) is 5.10 Å². The molecule has 1 fully saturated rings. The molecule has 1 saturated heterocycles. The monoisotopic (exact) mass is 282 g/mol. The molecule has 5 nitrogen and oxygen atoms in total. The van der Waals surface area contributed by atoms with Crippen molar-refractivity contribution in [3.05, 3.63) is 17.8 Å². The fraction of sp³-hybridized carbons (Fsp3) is 0.615. The zero-order valence-electron chi connectivity index (χ0n) is 11.1. The van der Waals surface area contributed by atoms with E-state index in [1.807, 2.05) is 24.1 Å². The number of alkyl halides is 1. The van der Waals surface area contributed by atoms with Gasteiger partial charge in [0.2, 0.25) is 5.91 Å². The number of carbonyl (C=O) groups is 1. The molecule has 1 aromatic heterocycles. The summed E-state index contributed by atoms with van der Waals surface area (Å²) >= 11 is 5.61. The molecule has 0 spiro atoms. The number of anilines is 1. The van der Waals surface area contributed by atoms with E-state index in [1.165, 1.54) is 0 Å². The van der Waals surface area contributed by atoms with Gasteiger partial charge in [-0.3, -0.25) is 4.79 Å². The van der Waals surface area contributed by atoms with Crippen molar-refractivity contribution in [2.24, 2.45) is 5.92 Å². The molecule has 0 aliphatic carbocycles. The van der Waals surface area contributed by atoms with Crippen LogP contribution < -0.4 is 5.32 Å². The summed E-state index contributed by atoms with van der Waals surface area (Å²) < 4.78 is 0. The normalized spacial score (nSPS) is 19.3. The fourth-order valence-electron chi connectivity index (χ4n) is 2.44. The zero-order valence-corrected chi connectivity index (χ0v) is 11.9. The average Bonchev–Trinajstić information content (AvgIpc) is 2.47. The Labute approximate surface area is 118 Å². The summed E-state index contributed by atoms with van der Waals surface area (Å²) in [7, 11) is 1.82. The second-order valence-electron chi connectivity index (χ2n) is 4.85. The van der Waals surface area contributed by atoms with Crippen molar-refractivity contribution in [1.82, 2.24) is 15.1 Å². The van der Waals surface area contributed by atoms with Gasteiger partial charge in [0.25, 0.3) is 0 Å². The van der Waals surface area contributed by atoms with Crippen molar-refractivity contribution in [2.75, 3.05) is 31.3 Å². The first-order valence-electron chi connectivity index (χ1n) is 6.57. The lowest BCUT2D eigenvalue weighted by molar-refractivity contribution is -0.130. The van der Waals surface area contributed by atoms with Crippen LogP contribution in [0.3, 0.4) is 0 Å². The Morgan fingerprint density at radius 2 is 2.37 bits per heavy atom. The number of carbonyl (C=O) groups excluding carboxylic acids is 1. The van der Waals surface area contributed by atoms with Crippen LogP contribution in [0.5, 0.6) is 0 Å². The summed E-state index contributed by atoms with van der Waals surface area (Å²) in [5, 5.41) is 11.2. The summed E-state index contributed by atoms with van der Waals surface area (Å²) in [6.45, 7) is 1.60. The van der Waals surface area contributed by atoms with E-state index in [0.717, 1.165) is 43.9 Å². The van der Waals surface area contributed by atoms with E-state index in [0.29, 0.717) is 5.92 Å². The van der Waals surface area contributed by atoms with Crippen molar-refractivity contribution in [1.29, 1.82) is 0 Å². The van der Waals surface area contributed by atoms with Crippen LogP contribution in [0.25, 0.3) is 0 Å². The number of nitrogens with zero attached hydrogens (tertiary/aromatic N) is 3. The van der Waals surface area contributed by atoms with Crippen molar-refractivity contribution >= 4 is 23.3 Å². The molecule has 1 atom stereocenters. The lowest BCUT2D eigenvalue weighted by atomic mass is 9.93. The lowest BCUT2D eigenvalue weighted by Crippen LogP contribution is -2.41. The number of amides is 1. The van der Waals surface area contributed by atoms with E-state index < -0.39 is 0 Å². The SMILES string of the molecule is CNc1ccc(CC2CCCN(C(=O)CCl)C2)nn1. The van der Waals surface area contributed by atoms with Gasteiger partial charge in [-0.1, -0.05) is 0 Å². The van der Waals surface area contributed by atoms with Gasteiger partial charge in [0, 0.05) is 20.1 Å². The zero-order chi connectivity index (χ0) is 13.7. The van der Waals surface area contributed by atoms with Crippen LogP contribution in [0.4, 0.5) is 5.82 Å². The van der Waals surface area contributed by atoms with Gasteiger partial charge in [0.15, 0.2) is 0 Å². The summed E-state index contributed by atoms with van der Waals surface area (Å²) in [5.74, 6) is 1.33. The van der Waals surface area contributed by atoms with Crippen molar-refractivity contribution in [2.45, 2.75) is 19.3 Å². The van der Waals surface area contributed by atoms with Crippen LogP contribution in [0.15, 0.2) is 12.1 Å². The average molecular weight is 283 g/mol. The Bertz CT molecular complexity index is 423. The van der Waals surface area contributed by atoms with Crippen LogP contribution >= 0.6 is 11.6 Å². The fourth-order valence-corrected chi connectivity index (χ4v) is 2.61. The number of nitrogens with one attached hydrogen (secondary N) is 1. The number of likely N-dealkylation sites (tertiary alicyclic amines) is 1. The van der Waals surface area contributed by atoms with Crippen molar-refractivity contribution < 1.29 is 4.79 Å². The largest absolute Gasteiger partial charge is 0.372 e. The maximum atomic E-state index is 11.6. The van der Waals surface area contributed by atoms with Gasteiger partial charge in [-0.25, -0.2) is 0 Å². The third-order valence-electron chi connectivity index (χ3n) is 3.46. The molecule has 2 rings (SSSR count). The Balaban J connectivity index is 1.92. The van der Waals surface area contributed by atoms with E-state index in [2.05, 4.69) is 15.5 Å². The number of halogens is 1. The van der Waals surface area contributed by atoms with Crippen molar-refractivity contribution in [3.63, 3.8) is 0 Å². The molecular weight excluding hydrogens is 264 g/mol. The topological polar surface area (TPSA) is 58.1 Å². The molecule has 1 aliphatic rings. The number of hydrogen-bond donors (Lipinski definition) is 1. The van der Waals surface area contributed by atoms with Gasteiger partial charge in [-0.05, 0) is 37.3 Å². The Morgan fingerprint density at radius 3 is 3.00 bits per heavy atom. The Morgan fingerprint density at radius 1 is 1.53 bits per heavy atom. The molecule has 0 saturated carbocycles. The van der Waals surface area contributed by atoms with Crippen LogP contribution in [0.2, 0.25) is 0 Å². The third kappa shape index (κ3) is 3.80. The van der Waals surface area contributed by atoms with E-state index in [-0.39, 0.29) is 11.8 Å². The van der Waals surface area contributed by atoms with Crippen LogP contribution in [0, 0.1) is 5.92 Å². The second-order valence-corrected chi connectivity index (χ2v) is 5.11. The predicted molar refractivity (Wildman–Crippen MR) is 75.3 cm³/mol. The first kappa shape index (κ1) is 14.1. The van der Waals surface area contributed by atoms with Crippen LogP contribution in [-0.4, -0.2) is 47.0 Å². The molecule has 104 valence electrons. The quantitative estimate of drug-likeness (QED) is 0.851. The molecule has 6 heteroatoms. The van der Waals surface area contributed by atoms with Gasteiger partial charge in [-0.15, -0.1) is 16.7 Å². The van der Waals surface area contributed by atoms with E-state index in [9.17, 15) is 4.79 Å². The van der Waals surface area contributed by atoms with Crippen LogP contribution in [-0.2, 0) is 11.2 Å². The highest BCUT2D eigenvalue weighted by Crippen LogP contribution is 2.20. The van der Waals surface area contributed by atoms with Gasteiger partial charge < -0.3 is 10.2 Å². The number of piperidine rings is 1. The molecule has 1 aromatic rings. The first-order chi connectivity index (χ1) is 9.22. The molecule has 0 aromatic carbocycles. The van der Waals surface area contributed by atoms with E-state index >= 15 is 0 Å². The molecular formula is C13H19ClN4O. The highest BCUT2D eigenvalue weighted by atomic mass is 35.5. The second kappa shape index (κ2) is 6.70. The minimum Gasteiger partial charge on any atom is -0.372 e. The minimum absolute atomic E-state index is 0.0305. The standard InChI is InChI=1S/C13H19ClN4O/c1-15-12-5-4-11(16-17-12)7-10-3-2-6-18(9-10)13(19)8-14/h4-5,10H,2-3,6-9H2,1H3,(H,15,17). The minimum atomic E-state index is 0.0305. The molecule has 19 heavy (non-hydrogen) atoms. The summed E-state index contributed by atoms with van der Waals surface area (Å²) in [6, 6.07) is 3.91. The number of rotatable bonds is 4. The molecule has 1 N–H and O–H groups in total. The number of hydrogen-bond acceptors (Lipinski definition) is 4. The highest BCUT2D eigenvalue weighted by molar-refractivity contribution is 6.27. The molecule has 1 aliphatic heterocycles. The Hall–Kier alpha value is -1.36. The number of aromatic nitrogens is 2. The highest BCUT2D eigenvalue weighted by Gasteiger charge is 2.23. The smallest absolute Gasteiger partial charge is 0.237 e. The Kier molecular flexibility index (Phi) is 4.96. The summed E-state index contributed by atoms with van der Waals surface area (Å²) in [4.78, 5) is 13.5. The van der Waals surface area contributed by atoms with Gasteiger partial charge in [0.05, 0.1) is 5.69 Å². The maximum Gasteiger partial charge on any atom is 0.237 e. The molecule has 2 heterocycles. The summed E-state index contributed by atoms with van der Waals surface area (Å²) in [5.41, 5.74) is 0.976. The predicted octanol–water partition coefficient (Wildman–Crippen LogP) is 1.54. The molecule has 1 amide bonds. The van der Waals surface area contributed by atoms with Gasteiger partial charge in [0.1, 0.15) is 11.7 Å². The molecule has 1 unspecified atom stereocenters. The molecule has 0 bridgehead atoms. The van der Waals surface area contributed by atoms with Crippen molar-refractivity contribution in [3.8, 4) is 0 Å². The lowest BCUT2D eigenvalue weighted by Gasteiger charge is -2.32. The van der Waals surface area contributed by atoms with Gasteiger partial charge >= 0.3 is 0 Å². The summed E-state index contributed by atoms with van der Waals surface area (Å²) in [6.07, 6.45) is 3.03. The first-order valence-corrected chi connectivity index (χ1v) is 7.10.